The molecule has 2 rings (SSSR count). The lowest BCUT2D eigenvalue weighted by molar-refractivity contribution is 0.399. The molecule has 16 heavy (non-hydrogen) atoms. The largest absolute Gasteiger partial charge is 0.448 e. The molecule has 0 radical (unpaired) electrons. The van der Waals surface area contributed by atoms with Crippen molar-refractivity contribution in [1.29, 1.82) is 0 Å². The quantitative estimate of drug-likeness (QED) is 0.796. The van der Waals surface area contributed by atoms with Crippen molar-refractivity contribution >= 4 is 0 Å². The Kier molecular flexibility index (Phi) is 4.40. The number of rotatable bonds is 4. The van der Waals surface area contributed by atoms with Gasteiger partial charge in [-0.15, -0.1) is 0 Å². The summed E-state index contributed by atoms with van der Waals surface area (Å²) in [4.78, 5) is 4.27. The normalized spacial score (nSPS) is 18.6. The minimum absolute atomic E-state index is 0.811. The van der Waals surface area contributed by atoms with Gasteiger partial charge in [0.2, 0.25) is 0 Å². The Morgan fingerprint density at radius 3 is 2.75 bits per heavy atom. The van der Waals surface area contributed by atoms with Crippen LogP contribution < -0.4 is 5.32 Å². The molecule has 1 aliphatic rings. The summed E-state index contributed by atoms with van der Waals surface area (Å²) in [5.74, 6) is 1.91. The SMILES string of the molecule is CNCc1ncoc1CC1CCCCCC1. The molecule has 1 saturated carbocycles. The second-order valence-electron chi connectivity index (χ2n) is 4.81. The van der Waals surface area contributed by atoms with Gasteiger partial charge >= 0.3 is 0 Å². The van der Waals surface area contributed by atoms with Crippen LogP contribution in [0, 0.1) is 5.92 Å². The van der Waals surface area contributed by atoms with Gasteiger partial charge in [-0.05, 0) is 13.0 Å². The van der Waals surface area contributed by atoms with E-state index in [1.54, 1.807) is 6.39 Å². The topological polar surface area (TPSA) is 38.1 Å². The third-order valence-electron chi connectivity index (χ3n) is 3.52. The lowest BCUT2D eigenvalue weighted by atomic mass is 9.95. The molecule has 0 aliphatic heterocycles. The Balaban J connectivity index is 1.93. The third kappa shape index (κ3) is 3.08. The third-order valence-corrected chi connectivity index (χ3v) is 3.52. The zero-order valence-electron chi connectivity index (χ0n) is 10.2. The number of hydrogen-bond donors (Lipinski definition) is 1. The van der Waals surface area contributed by atoms with E-state index in [-0.39, 0.29) is 0 Å². The molecule has 1 fully saturated rings. The molecule has 90 valence electrons. The summed E-state index contributed by atoms with van der Waals surface area (Å²) >= 11 is 0. The number of nitrogens with zero attached hydrogens (tertiary/aromatic N) is 1. The van der Waals surface area contributed by atoms with E-state index in [0.29, 0.717) is 0 Å². The fourth-order valence-corrected chi connectivity index (χ4v) is 2.60. The fraction of sp³-hybridized carbons (Fsp3) is 0.769. The van der Waals surface area contributed by atoms with Crippen molar-refractivity contribution in [2.45, 2.75) is 51.5 Å². The van der Waals surface area contributed by atoms with Crippen molar-refractivity contribution in [3.8, 4) is 0 Å². The van der Waals surface area contributed by atoms with Gasteiger partial charge in [0, 0.05) is 13.0 Å². The van der Waals surface area contributed by atoms with Crippen LogP contribution in [0.1, 0.15) is 50.0 Å². The Hall–Kier alpha value is -0.830. The molecular weight excluding hydrogens is 200 g/mol. The molecule has 0 spiro atoms. The first kappa shape index (κ1) is 11.6. The minimum atomic E-state index is 0.811. The summed E-state index contributed by atoms with van der Waals surface area (Å²) in [6.07, 6.45) is 11.0. The van der Waals surface area contributed by atoms with E-state index in [0.717, 1.165) is 30.3 Å². The van der Waals surface area contributed by atoms with Gasteiger partial charge in [-0.3, -0.25) is 0 Å². The Morgan fingerprint density at radius 1 is 1.31 bits per heavy atom. The number of nitrogens with one attached hydrogen (secondary N) is 1. The predicted octanol–water partition coefficient (Wildman–Crippen LogP) is 2.91. The van der Waals surface area contributed by atoms with Crippen LogP contribution in [0.4, 0.5) is 0 Å². The van der Waals surface area contributed by atoms with Crippen LogP contribution in [-0.2, 0) is 13.0 Å². The molecule has 0 unspecified atom stereocenters. The van der Waals surface area contributed by atoms with Crippen molar-refractivity contribution in [1.82, 2.24) is 10.3 Å². The standard InChI is InChI=1S/C13H22N2O/c1-14-9-12-13(16-10-15-12)8-11-6-4-2-3-5-7-11/h10-11,14H,2-9H2,1H3. The van der Waals surface area contributed by atoms with Crippen LogP contribution in [0.2, 0.25) is 0 Å². The van der Waals surface area contributed by atoms with Crippen molar-refractivity contribution in [3.63, 3.8) is 0 Å². The van der Waals surface area contributed by atoms with Gasteiger partial charge < -0.3 is 9.73 Å². The number of hydrogen-bond acceptors (Lipinski definition) is 3. The molecule has 1 aromatic rings. The zero-order chi connectivity index (χ0) is 11.2. The highest BCUT2D eigenvalue weighted by atomic mass is 16.3. The first-order valence-electron chi connectivity index (χ1n) is 6.46. The summed E-state index contributed by atoms with van der Waals surface area (Å²) < 4.78 is 5.51. The number of oxazole rings is 1. The van der Waals surface area contributed by atoms with E-state index in [1.165, 1.54) is 38.5 Å². The fourth-order valence-electron chi connectivity index (χ4n) is 2.60. The monoisotopic (exact) mass is 222 g/mol. The Morgan fingerprint density at radius 2 is 2.06 bits per heavy atom. The van der Waals surface area contributed by atoms with Gasteiger partial charge in [0.05, 0.1) is 5.69 Å². The first-order valence-corrected chi connectivity index (χ1v) is 6.46. The van der Waals surface area contributed by atoms with Crippen molar-refractivity contribution in [2.24, 2.45) is 5.92 Å². The molecule has 1 N–H and O–H groups in total. The smallest absolute Gasteiger partial charge is 0.181 e. The average Bonchev–Trinajstić information content (AvgIpc) is 2.56. The molecule has 0 saturated heterocycles. The molecule has 1 heterocycles. The molecule has 0 atom stereocenters. The highest BCUT2D eigenvalue weighted by Gasteiger charge is 2.17. The summed E-state index contributed by atoms with van der Waals surface area (Å²) in [6.45, 7) is 0.818. The van der Waals surface area contributed by atoms with Gasteiger partial charge in [-0.1, -0.05) is 38.5 Å². The minimum Gasteiger partial charge on any atom is -0.448 e. The first-order chi connectivity index (χ1) is 7.90. The second-order valence-corrected chi connectivity index (χ2v) is 4.81. The lowest BCUT2D eigenvalue weighted by Gasteiger charge is -2.12. The van der Waals surface area contributed by atoms with E-state index in [1.807, 2.05) is 7.05 Å². The highest BCUT2D eigenvalue weighted by molar-refractivity contribution is 5.07. The number of aromatic nitrogens is 1. The average molecular weight is 222 g/mol. The highest BCUT2D eigenvalue weighted by Crippen LogP contribution is 2.26. The molecule has 0 amide bonds. The van der Waals surface area contributed by atoms with Crippen molar-refractivity contribution in [2.75, 3.05) is 7.05 Å². The van der Waals surface area contributed by atoms with Crippen LogP contribution in [0.25, 0.3) is 0 Å². The van der Waals surface area contributed by atoms with Crippen LogP contribution >= 0.6 is 0 Å². The van der Waals surface area contributed by atoms with Crippen molar-refractivity contribution < 1.29 is 4.42 Å². The Labute approximate surface area is 97.6 Å². The van der Waals surface area contributed by atoms with Gasteiger partial charge in [0.25, 0.3) is 0 Å². The van der Waals surface area contributed by atoms with Crippen LogP contribution in [0.15, 0.2) is 10.8 Å². The van der Waals surface area contributed by atoms with Gasteiger partial charge in [-0.2, -0.15) is 0 Å². The summed E-state index contributed by atoms with van der Waals surface area (Å²) in [6, 6.07) is 0. The molecule has 3 heteroatoms. The summed E-state index contributed by atoms with van der Waals surface area (Å²) in [5.41, 5.74) is 1.09. The van der Waals surface area contributed by atoms with Gasteiger partial charge in [0.15, 0.2) is 6.39 Å². The second kappa shape index (κ2) is 6.04. The van der Waals surface area contributed by atoms with E-state index in [9.17, 15) is 0 Å². The van der Waals surface area contributed by atoms with Crippen LogP contribution in [0.5, 0.6) is 0 Å². The molecule has 1 aliphatic carbocycles. The summed E-state index contributed by atoms with van der Waals surface area (Å²) in [5, 5.41) is 3.14. The molecule has 1 aromatic heterocycles. The lowest BCUT2D eigenvalue weighted by Crippen LogP contribution is -2.10. The maximum absolute atomic E-state index is 5.51. The van der Waals surface area contributed by atoms with Crippen LogP contribution in [-0.4, -0.2) is 12.0 Å². The zero-order valence-corrected chi connectivity index (χ0v) is 10.2. The van der Waals surface area contributed by atoms with E-state index < -0.39 is 0 Å². The van der Waals surface area contributed by atoms with Gasteiger partial charge in [-0.25, -0.2) is 4.98 Å². The maximum atomic E-state index is 5.51. The van der Waals surface area contributed by atoms with E-state index in [2.05, 4.69) is 10.3 Å². The van der Waals surface area contributed by atoms with Crippen molar-refractivity contribution in [3.05, 3.63) is 17.8 Å². The van der Waals surface area contributed by atoms with Gasteiger partial charge in [0.1, 0.15) is 5.76 Å². The Bertz CT molecular complexity index is 301. The maximum Gasteiger partial charge on any atom is 0.181 e. The molecule has 3 nitrogen and oxygen atoms in total. The predicted molar refractivity (Wildman–Crippen MR) is 64.2 cm³/mol. The molecular formula is C13H22N2O. The summed E-state index contributed by atoms with van der Waals surface area (Å²) in [7, 11) is 1.95. The molecule has 0 bridgehead atoms. The van der Waals surface area contributed by atoms with E-state index in [4.69, 9.17) is 4.42 Å². The molecule has 0 aromatic carbocycles. The van der Waals surface area contributed by atoms with E-state index >= 15 is 0 Å². The van der Waals surface area contributed by atoms with Crippen LogP contribution in [0.3, 0.4) is 0 Å².